The van der Waals surface area contributed by atoms with Crippen molar-refractivity contribution in [1.82, 2.24) is 14.9 Å². The Morgan fingerprint density at radius 3 is 2.88 bits per heavy atom. The zero-order valence-electron chi connectivity index (χ0n) is 8.79. The number of benzene rings is 1. The molecule has 0 spiro atoms. The van der Waals surface area contributed by atoms with Crippen LogP contribution in [0.25, 0.3) is 0 Å². The van der Waals surface area contributed by atoms with E-state index in [1.807, 2.05) is 24.3 Å². The van der Waals surface area contributed by atoms with Crippen LogP contribution in [0.3, 0.4) is 0 Å². The topological polar surface area (TPSA) is 78.1 Å². The molecule has 88 valence electrons. The number of hydrogen-bond acceptors (Lipinski definition) is 5. The van der Waals surface area contributed by atoms with Gasteiger partial charge in [-0.1, -0.05) is 12.1 Å². The molecule has 1 atom stereocenters. The van der Waals surface area contributed by atoms with E-state index in [1.54, 1.807) is 0 Å². The summed E-state index contributed by atoms with van der Waals surface area (Å²) >= 11 is 4.94. The van der Waals surface area contributed by atoms with Gasteiger partial charge in [0.15, 0.2) is 23.4 Å². The predicted molar refractivity (Wildman–Crippen MR) is 62.9 cm³/mol. The number of nitrogens with one attached hydrogen (secondary N) is 1. The van der Waals surface area contributed by atoms with Gasteiger partial charge in [-0.3, -0.25) is 5.10 Å². The summed E-state index contributed by atoms with van der Waals surface area (Å²) < 4.78 is 13.0. The minimum Gasteiger partial charge on any atom is -0.485 e. The third-order valence-corrected chi connectivity index (χ3v) is 2.82. The first-order valence-corrected chi connectivity index (χ1v) is 5.47. The minimum atomic E-state index is -0.358. The lowest BCUT2D eigenvalue weighted by Gasteiger charge is -2.25. The molecular weight excluding hydrogens is 240 g/mol. The fraction of sp³-hybridized carbons (Fsp3) is 0.200. The molecule has 1 aliphatic heterocycles. The predicted octanol–water partition coefficient (Wildman–Crippen LogP) is 1.17. The van der Waals surface area contributed by atoms with Crippen molar-refractivity contribution < 1.29 is 9.47 Å². The van der Waals surface area contributed by atoms with Gasteiger partial charge < -0.3 is 15.3 Å². The molecule has 7 heteroatoms. The van der Waals surface area contributed by atoms with Gasteiger partial charge in [-0.15, -0.1) is 0 Å². The molecule has 0 saturated carbocycles. The lowest BCUT2D eigenvalue weighted by Crippen LogP contribution is -2.27. The molecule has 0 amide bonds. The molecule has 3 N–H and O–H groups in total. The Hall–Kier alpha value is -2.02. The van der Waals surface area contributed by atoms with Crippen LogP contribution in [0.5, 0.6) is 11.5 Å². The zero-order valence-corrected chi connectivity index (χ0v) is 9.61. The summed E-state index contributed by atoms with van der Waals surface area (Å²) in [5.74, 6) is 7.66. The number of hydrogen-bond donors (Lipinski definition) is 2. The summed E-state index contributed by atoms with van der Waals surface area (Å²) in [5.41, 5.74) is 0. The van der Waals surface area contributed by atoms with Crippen molar-refractivity contribution in [2.75, 3.05) is 12.4 Å². The van der Waals surface area contributed by atoms with Gasteiger partial charge in [-0.2, -0.15) is 5.10 Å². The first-order chi connectivity index (χ1) is 8.25. The average Bonchev–Trinajstić information content (AvgIpc) is 2.70. The molecule has 0 saturated heterocycles. The Bertz CT molecular complexity index is 606. The van der Waals surface area contributed by atoms with Crippen molar-refractivity contribution in [2.24, 2.45) is 0 Å². The standard InChI is InChI=1S/C10H10N4O2S/c11-14-9(12-13-10(14)17)8-5-15-6-3-1-2-4-7(6)16-8/h1-4,8H,5,11H2,(H,13,17)/t8-/m1/s1. The van der Waals surface area contributed by atoms with Crippen LogP contribution in [-0.2, 0) is 0 Å². The molecule has 2 aromatic rings. The van der Waals surface area contributed by atoms with E-state index >= 15 is 0 Å². The Balaban J connectivity index is 1.94. The Labute approximate surface area is 102 Å². The van der Waals surface area contributed by atoms with Gasteiger partial charge in [0.1, 0.15) is 6.61 Å². The maximum absolute atomic E-state index is 5.76. The lowest BCUT2D eigenvalue weighted by molar-refractivity contribution is 0.0833. The van der Waals surface area contributed by atoms with Crippen LogP contribution in [0.1, 0.15) is 11.9 Å². The van der Waals surface area contributed by atoms with E-state index in [2.05, 4.69) is 10.2 Å². The van der Waals surface area contributed by atoms with Crippen LogP contribution in [-0.4, -0.2) is 21.5 Å². The third-order valence-electron chi connectivity index (χ3n) is 2.53. The maximum Gasteiger partial charge on any atom is 0.214 e. The number of nitrogens with zero attached hydrogens (tertiary/aromatic N) is 2. The number of para-hydroxylation sites is 2. The van der Waals surface area contributed by atoms with Gasteiger partial charge in [-0.25, -0.2) is 4.68 Å². The van der Waals surface area contributed by atoms with Crippen molar-refractivity contribution in [3.05, 3.63) is 34.9 Å². The molecule has 6 nitrogen and oxygen atoms in total. The van der Waals surface area contributed by atoms with Crippen LogP contribution in [0.2, 0.25) is 0 Å². The zero-order chi connectivity index (χ0) is 11.8. The van der Waals surface area contributed by atoms with Gasteiger partial charge in [0.25, 0.3) is 0 Å². The second kappa shape index (κ2) is 3.77. The summed E-state index contributed by atoms with van der Waals surface area (Å²) in [6.45, 7) is 0.355. The fourth-order valence-electron chi connectivity index (χ4n) is 1.69. The molecule has 0 radical (unpaired) electrons. The highest BCUT2D eigenvalue weighted by Crippen LogP contribution is 2.34. The quantitative estimate of drug-likeness (QED) is 0.586. The van der Waals surface area contributed by atoms with Gasteiger partial charge in [0, 0.05) is 0 Å². The molecule has 3 rings (SSSR count). The molecule has 0 unspecified atom stereocenters. The summed E-state index contributed by atoms with van der Waals surface area (Å²) in [5, 5.41) is 6.64. The molecule has 0 bridgehead atoms. The number of nitrogen functional groups attached to an aromatic ring is 1. The van der Waals surface area contributed by atoms with E-state index in [-0.39, 0.29) is 6.10 Å². The molecule has 1 aromatic carbocycles. The van der Waals surface area contributed by atoms with Crippen molar-refractivity contribution in [2.45, 2.75) is 6.10 Å². The largest absolute Gasteiger partial charge is 0.485 e. The van der Waals surface area contributed by atoms with Gasteiger partial charge in [0.2, 0.25) is 4.77 Å². The van der Waals surface area contributed by atoms with E-state index in [4.69, 9.17) is 27.5 Å². The number of nitrogens with two attached hydrogens (primary N) is 1. The molecule has 0 fully saturated rings. The van der Waals surface area contributed by atoms with Gasteiger partial charge in [0.05, 0.1) is 0 Å². The van der Waals surface area contributed by atoms with Gasteiger partial charge >= 0.3 is 0 Å². The average molecular weight is 250 g/mol. The van der Waals surface area contributed by atoms with Crippen LogP contribution in [0.15, 0.2) is 24.3 Å². The summed E-state index contributed by atoms with van der Waals surface area (Å²) in [6.07, 6.45) is -0.358. The molecule has 2 heterocycles. The Kier molecular flexibility index (Phi) is 2.25. The second-order valence-electron chi connectivity index (χ2n) is 3.62. The first kappa shape index (κ1) is 10.2. The number of rotatable bonds is 1. The van der Waals surface area contributed by atoms with Crippen LogP contribution in [0.4, 0.5) is 0 Å². The summed E-state index contributed by atoms with van der Waals surface area (Å²) in [6, 6.07) is 7.46. The number of aromatic amines is 1. The molecule has 1 aliphatic rings. The molecule has 0 aliphatic carbocycles. The Morgan fingerprint density at radius 2 is 2.18 bits per heavy atom. The van der Waals surface area contributed by atoms with E-state index in [1.165, 1.54) is 4.68 Å². The van der Waals surface area contributed by atoms with E-state index in [9.17, 15) is 0 Å². The van der Waals surface area contributed by atoms with Crippen molar-refractivity contribution >= 4 is 12.2 Å². The van der Waals surface area contributed by atoms with Crippen LogP contribution < -0.4 is 15.3 Å². The number of fused-ring (bicyclic) bond motifs is 1. The second-order valence-corrected chi connectivity index (χ2v) is 4.01. The fourth-order valence-corrected chi connectivity index (χ4v) is 1.83. The van der Waals surface area contributed by atoms with Crippen LogP contribution >= 0.6 is 12.2 Å². The Morgan fingerprint density at radius 1 is 1.41 bits per heavy atom. The number of H-pyrrole nitrogens is 1. The molecule has 17 heavy (non-hydrogen) atoms. The monoisotopic (exact) mass is 250 g/mol. The summed E-state index contributed by atoms with van der Waals surface area (Å²) in [4.78, 5) is 0. The highest BCUT2D eigenvalue weighted by molar-refractivity contribution is 7.71. The third kappa shape index (κ3) is 1.64. The summed E-state index contributed by atoms with van der Waals surface area (Å²) in [7, 11) is 0. The van der Waals surface area contributed by atoms with E-state index < -0.39 is 0 Å². The highest BCUT2D eigenvalue weighted by atomic mass is 32.1. The molecular formula is C10H10N4O2S. The van der Waals surface area contributed by atoms with E-state index in [0.717, 1.165) is 5.75 Å². The smallest absolute Gasteiger partial charge is 0.214 e. The van der Waals surface area contributed by atoms with Crippen molar-refractivity contribution in [3.63, 3.8) is 0 Å². The van der Waals surface area contributed by atoms with Crippen molar-refractivity contribution in [3.8, 4) is 11.5 Å². The normalized spacial score (nSPS) is 18.0. The molecule has 1 aromatic heterocycles. The maximum atomic E-state index is 5.76. The van der Waals surface area contributed by atoms with Crippen LogP contribution in [0, 0.1) is 4.77 Å². The van der Waals surface area contributed by atoms with Gasteiger partial charge in [-0.05, 0) is 24.4 Å². The highest BCUT2D eigenvalue weighted by Gasteiger charge is 2.26. The first-order valence-electron chi connectivity index (χ1n) is 5.06. The van der Waals surface area contributed by atoms with Crippen molar-refractivity contribution in [1.29, 1.82) is 0 Å². The lowest BCUT2D eigenvalue weighted by atomic mass is 10.2. The number of aromatic nitrogens is 3. The SMILES string of the molecule is Nn1c([C@H]2COc3ccccc3O2)n[nH]c1=S. The minimum absolute atomic E-state index is 0.349. The van der Waals surface area contributed by atoms with E-state index in [0.29, 0.717) is 23.0 Å². The number of ether oxygens (including phenoxy) is 2.